The Kier molecular flexibility index (Phi) is 3.88. The van der Waals surface area contributed by atoms with E-state index in [-0.39, 0.29) is 17.9 Å². The molecule has 0 radical (unpaired) electrons. The molecule has 0 aromatic carbocycles. The zero-order chi connectivity index (χ0) is 12.3. The maximum atomic E-state index is 11.6. The van der Waals surface area contributed by atoms with Crippen LogP contribution >= 0.6 is 15.9 Å². The molecule has 88 valence electrons. The van der Waals surface area contributed by atoms with Crippen LogP contribution in [0.4, 0.5) is 5.82 Å². The molecule has 3 N–H and O–H groups in total. The van der Waals surface area contributed by atoms with Crippen molar-refractivity contribution in [3.63, 3.8) is 0 Å². The van der Waals surface area contributed by atoms with Gasteiger partial charge in [-0.15, -0.1) is 0 Å². The summed E-state index contributed by atoms with van der Waals surface area (Å²) in [4.78, 5) is 22.5. The van der Waals surface area contributed by atoms with Crippen LogP contribution < -0.4 is 11.1 Å². The van der Waals surface area contributed by atoms with Gasteiger partial charge >= 0.3 is 5.97 Å². The fourth-order valence-electron chi connectivity index (χ4n) is 1.03. The summed E-state index contributed by atoms with van der Waals surface area (Å²) in [6.07, 6.45) is 0. The molecule has 1 rings (SSSR count). The molecule has 0 atom stereocenters. The predicted molar refractivity (Wildman–Crippen MR) is 59.7 cm³/mol. The number of carbonyl (C=O) groups excluding carboxylic acids is 2. The van der Waals surface area contributed by atoms with Gasteiger partial charge in [-0.05, 0) is 15.9 Å². The Morgan fingerprint density at radius 1 is 1.62 bits per heavy atom. The van der Waals surface area contributed by atoms with Crippen LogP contribution in [0.25, 0.3) is 0 Å². The predicted octanol–water partition coefficient (Wildman–Crippen LogP) is -0.332. The first-order chi connectivity index (χ1) is 7.47. The molecular formula is C8H11BrN4O3. The molecule has 8 heteroatoms. The maximum Gasteiger partial charge on any atom is 0.325 e. The number of aryl methyl sites for hydroxylation is 1. The topological polar surface area (TPSA) is 99.2 Å². The number of esters is 1. The second-order valence-corrected chi connectivity index (χ2v) is 3.68. The summed E-state index contributed by atoms with van der Waals surface area (Å²) in [7, 11) is 2.85. The first-order valence-electron chi connectivity index (χ1n) is 4.30. The zero-order valence-electron chi connectivity index (χ0n) is 8.78. The van der Waals surface area contributed by atoms with Crippen LogP contribution in [0.1, 0.15) is 10.4 Å². The van der Waals surface area contributed by atoms with Gasteiger partial charge in [0, 0.05) is 7.05 Å². The molecule has 0 aliphatic rings. The molecule has 1 aromatic rings. The Morgan fingerprint density at radius 3 is 2.69 bits per heavy atom. The summed E-state index contributed by atoms with van der Waals surface area (Å²) in [6, 6.07) is 0. The van der Waals surface area contributed by atoms with Crippen molar-refractivity contribution >= 4 is 33.6 Å². The van der Waals surface area contributed by atoms with Crippen molar-refractivity contribution < 1.29 is 14.3 Å². The molecule has 0 bridgehead atoms. The number of hydrogen-bond donors (Lipinski definition) is 2. The Hall–Kier alpha value is -1.57. The van der Waals surface area contributed by atoms with Crippen molar-refractivity contribution in [2.24, 2.45) is 7.05 Å². The van der Waals surface area contributed by atoms with E-state index < -0.39 is 11.9 Å². The minimum Gasteiger partial charge on any atom is -0.468 e. The lowest BCUT2D eigenvalue weighted by Crippen LogP contribution is -2.30. The number of amides is 1. The highest BCUT2D eigenvalue weighted by atomic mass is 79.9. The lowest BCUT2D eigenvalue weighted by molar-refractivity contribution is -0.139. The number of aromatic nitrogens is 2. The fourth-order valence-corrected chi connectivity index (χ4v) is 1.65. The summed E-state index contributed by atoms with van der Waals surface area (Å²) in [5.74, 6) is -0.802. The molecule has 0 unspecified atom stereocenters. The largest absolute Gasteiger partial charge is 0.468 e. The summed E-state index contributed by atoms with van der Waals surface area (Å²) in [5.41, 5.74) is 5.84. The highest BCUT2D eigenvalue weighted by molar-refractivity contribution is 9.10. The highest BCUT2D eigenvalue weighted by Crippen LogP contribution is 2.20. The second-order valence-electron chi connectivity index (χ2n) is 2.93. The van der Waals surface area contributed by atoms with Gasteiger partial charge in [0.05, 0.1) is 7.11 Å². The minimum absolute atomic E-state index is 0.200. The molecule has 16 heavy (non-hydrogen) atoms. The second kappa shape index (κ2) is 4.97. The van der Waals surface area contributed by atoms with Crippen molar-refractivity contribution in [3.8, 4) is 0 Å². The lowest BCUT2D eigenvalue weighted by Gasteiger charge is -2.03. The molecule has 1 aromatic heterocycles. The Morgan fingerprint density at radius 2 is 2.25 bits per heavy atom. The Labute approximate surface area is 100 Å². The number of methoxy groups -OCH3 is 1. The number of hydrogen-bond acceptors (Lipinski definition) is 5. The normalized spacial score (nSPS) is 9.94. The molecule has 7 nitrogen and oxygen atoms in total. The maximum absolute atomic E-state index is 11.6. The standard InChI is InChI=1S/C8H11BrN4O3/c1-13-7(10)5(6(9)12-13)8(15)11-3-4(14)16-2/h3,10H2,1-2H3,(H,11,15). The Balaban J connectivity index is 2.77. The summed E-state index contributed by atoms with van der Waals surface area (Å²) in [6.45, 7) is -0.212. The van der Waals surface area contributed by atoms with Crippen molar-refractivity contribution in [1.82, 2.24) is 15.1 Å². The number of nitrogens with one attached hydrogen (secondary N) is 1. The van der Waals surface area contributed by atoms with Gasteiger partial charge < -0.3 is 15.8 Å². The fraction of sp³-hybridized carbons (Fsp3) is 0.375. The van der Waals surface area contributed by atoms with Gasteiger partial charge in [0.25, 0.3) is 5.91 Å². The summed E-state index contributed by atoms with van der Waals surface area (Å²) < 4.78 is 6.07. The van der Waals surface area contributed by atoms with Crippen molar-refractivity contribution in [3.05, 3.63) is 10.2 Å². The van der Waals surface area contributed by atoms with E-state index in [0.29, 0.717) is 4.60 Å². The van der Waals surface area contributed by atoms with E-state index in [1.54, 1.807) is 7.05 Å². The molecule has 1 heterocycles. The number of carbonyl (C=O) groups is 2. The first kappa shape index (κ1) is 12.5. The highest BCUT2D eigenvalue weighted by Gasteiger charge is 2.19. The van der Waals surface area contributed by atoms with Gasteiger partial charge in [-0.3, -0.25) is 14.3 Å². The van der Waals surface area contributed by atoms with Crippen LogP contribution in [0.5, 0.6) is 0 Å². The average Bonchev–Trinajstić information content (AvgIpc) is 2.49. The summed E-state index contributed by atoms with van der Waals surface area (Å²) in [5, 5.41) is 6.28. The van der Waals surface area contributed by atoms with E-state index in [1.165, 1.54) is 11.8 Å². The lowest BCUT2D eigenvalue weighted by atomic mass is 10.3. The zero-order valence-corrected chi connectivity index (χ0v) is 10.4. The number of nitrogens with two attached hydrogens (primary N) is 1. The van der Waals surface area contributed by atoms with Gasteiger partial charge in [-0.25, -0.2) is 0 Å². The monoisotopic (exact) mass is 290 g/mol. The van der Waals surface area contributed by atoms with Gasteiger partial charge in [0.2, 0.25) is 0 Å². The molecular weight excluding hydrogens is 280 g/mol. The van der Waals surface area contributed by atoms with E-state index in [0.717, 1.165) is 0 Å². The number of halogens is 1. The number of ether oxygens (including phenoxy) is 1. The molecule has 0 aliphatic heterocycles. The van der Waals surface area contributed by atoms with Crippen LogP contribution in [0, 0.1) is 0 Å². The van der Waals surface area contributed by atoms with E-state index >= 15 is 0 Å². The third-order valence-corrected chi connectivity index (χ3v) is 2.45. The molecule has 0 spiro atoms. The van der Waals surface area contributed by atoms with Crippen LogP contribution in [0.2, 0.25) is 0 Å². The third kappa shape index (κ3) is 2.51. The van der Waals surface area contributed by atoms with Gasteiger partial charge in [0.15, 0.2) is 0 Å². The van der Waals surface area contributed by atoms with Crippen molar-refractivity contribution in [1.29, 1.82) is 0 Å². The molecule has 0 aliphatic carbocycles. The van der Waals surface area contributed by atoms with E-state index in [4.69, 9.17) is 5.73 Å². The van der Waals surface area contributed by atoms with Crippen LogP contribution in [-0.4, -0.2) is 35.3 Å². The number of rotatable bonds is 3. The van der Waals surface area contributed by atoms with Gasteiger partial charge in [-0.2, -0.15) is 5.10 Å². The van der Waals surface area contributed by atoms with Gasteiger partial charge in [-0.1, -0.05) is 0 Å². The van der Waals surface area contributed by atoms with Crippen LogP contribution in [0.3, 0.4) is 0 Å². The van der Waals surface area contributed by atoms with E-state index in [1.807, 2.05) is 0 Å². The summed E-state index contributed by atoms with van der Waals surface area (Å²) >= 11 is 3.10. The van der Waals surface area contributed by atoms with Gasteiger partial charge in [0.1, 0.15) is 22.5 Å². The number of nitrogen functional groups attached to an aromatic ring is 1. The van der Waals surface area contributed by atoms with Crippen LogP contribution in [-0.2, 0) is 16.6 Å². The SMILES string of the molecule is COC(=O)CNC(=O)c1c(Br)nn(C)c1N. The van der Waals surface area contributed by atoms with E-state index in [9.17, 15) is 9.59 Å². The smallest absolute Gasteiger partial charge is 0.325 e. The average molecular weight is 291 g/mol. The van der Waals surface area contributed by atoms with Crippen LogP contribution in [0.15, 0.2) is 4.60 Å². The number of anilines is 1. The van der Waals surface area contributed by atoms with E-state index in [2.05, 4.69) is 31.1 Å². The van der Waals surface area contributed by atoms with Crippen molar-refractivity contribution in [2.45, 2.75) is 0 Å². The first-order valence-corrected chi connectivity index (χ1v) is 5.09. The quantitative estimate of drug-likeness (QED) is 0.743. The Bertz CT molecular complexity index is 429. The molecule has 0 fully saturated rings. The molecule has 0 saturated heterocycles. The molecule has 1 amide bonds. The number of nitrogens with zero attached hydrogens (tertiary/aromatic N) is 2. The van der Waals surface area contributed by atoms with Crippen molar-refractivity contribution in [2.75, 3.05) is 19.4 Å². The minimum atomic E-state index is -0.535. The molecule has 0 saturated carbocycles. The third-order valence-electron chi connectivity index (χ3n) is 1.90.